The molecule has 4 amide bonds. The Hall–Kier alpha value is -4.69. The summed E-state index contributed by atoms with van der Waals surface area (Å²) >= 11 is 0. The molecule has 52 heavy (non-hydrogen) atoms. The fourth-order valence-corrected chi connectivity index (χ4v) is 8.53. The van der Waals surface area contributed by atoms with Gasteiger partial charge in [0.1, 0.15) is 29.0 Å². The molecule has 14 heteroatoms. The molecule has 1 saturated heterocycles. The summed E-state index contributed by atoms with van der Waals surface area (Å²) in [6, 6.07) is 7.07. The lowest BCUT2D eigenvalue weighted by atomic mass is 9.88. The molecule has 2 aromatic rings. The molecule has 0 aromatic heterocycles. The van der Waals surface area contributed by atoms with E-state index in [0.717, 1.165) is 35.6 Å². The van der Waals surface area contributed by atoms with E-state index >= 15 is 0 Å². The van der Waals surface area contributed by atoms with E-state index in [2.05, 4.69) is 35.1 Å². The molecule has 5 atom stereocenters. The van der Waals surface area contributed by atoms with Crippen LogP contribution in [0.25, 0.3) is 16.8 Å². The monoisotopic (exact) mass is 736 g/mol. The van der Waals surface area contributed by atoms with Gasteiger partial charge < -0.3 is 30.1 Å². The molecule has 2 aliphatic carbocycles. The lowest BCUT2D eigenvalue weighted by Crippen LogP contribution is -2.58. The molecule has 0 spiro atoms. The van der Waals surface area contributed by atoms with Gasteiger partial charge in [-0.1, -0.05) is 49.8 Å². The number of sulfonamides is 1. The largest absolute Gasteiger partial charge is 0.496 e. The summed E-state index contributed by atoms with van der Waals surface area (Å²) in [5.74, 6) is -2.07. The highest BCUT2D eigenvalue weighted by Crippen LogP contribution is 2.47. The third-order valence-corrected chi connectivity index (χ3v) is 12.3. The van der Waals surface area contributed by atoms with Crippen molar-refractivity contribution in [3.8, 4) is 5.75 Å². The van der Waals surface area contributed by atoms with Crippen LogP contribution >= 0.6 is 0 Å². The lowest BCUT2D eigenvalue weighted by Gasteiger charge is -2.30. The fourth-order valence-electron chi connectivity index (χ4n) is 7.17. The average Bonchev–Trinajstić information content (AvgIpc) is 4.06. The van der Waals surface area contributed by atoms with Crippen LogP contribution in [0, 0.1) is 5.92 Å². The van der Waals surface area contributed by atoms with Gasteiger partial charge in [0.15, 0.2) is 0 Å². The number of likely N-dealkylation sites (tertiary alicyclic amines) is 1. The SMILES string of the molecule is C=CCCCCCC(NC(=O)O)C(=O)N1C[C@](OC)(c2ccc3cc(OC)c(C=C)cc3c2)C[C@H]1C(=O)NC1(C(=O)NS(=O)(=O)C2CC2)CC1C=C. The number of hydrogen-bond donors (Lipinski definition) is 4. The molecule has 0 bridgehead atoms. The highest BCUT2D eigenvalue weighted by Gasteiger charge is 2.62. The molecule has 13 nitrogen and oxygen atoms in total. The average molecular weight is 737 g/mol. The van der Waals surface area contributed by atoms with Crippen molar-refractivity contribution in [1.82, 2.24) is 20.3 Å². The molecule has 4 N–H and O–H groups in total. The molecular weight excluding hydrogens is 689 g/mol. The number of unbranched alkanes of at least 4 members (excludes halogenated alkanes) is 3. The summed E-state index contributed by atoms with van der Waals surface area (Å²) in [6.45, 7) is 11.3. The highest BCUT2D eigenvalue weighted by atomic mass is 32.2. The molecule has 2 aromatic carbocycles. The molecule has 3 fully saturated rings. The minimum absolute atomic E-state index is 0.0347. The van der Waals surface area contributed by atoms with E-state index in [9.17, 15) is 32.7 Å². The Morgan fingerprint density at radius 1 is 1.04 bits per heavy atom. The van der Waals surface area contributed by atoms with E-state index in [4.69, 9.17) is 9.47 Å². The summed E-state index contributed by atoms with van der Waals surface area (Å²) < 4.78 is 39.2. The maximum absolute atomic E-state index is 14.4. The summed E-state index contributed by atoms with van der Waals surface area (Å²) in [7, 11) is -0.862. The number of nitrogens with one attached hydrogen (secondary N) is 3. The Morgan fingerprint density at radius 2 is 1.79 bits per heavy atom. The van der Waals surface area contributed by atoms with Crippen LogP contribution in [0.15, 0.2) is 62.2 Å². The second kappa shape index (κ2) is 15.5. The Bertz CT molecular complexity index is 1880. The maximum atomic E-state index is 14.4. The number of fused-ring (bicyclic) bond motifs is 1. The zero-order valence-corrected chi connectivity index (χ0v) is 30.5. The van der Waals surface area contributed by atoms with E-state index in [1.54, 1.807) is 19.3 Å². The second-order valence-corrected chi connectivity index (χ2v) is 15.8. The molecule has 1 heterocycles. The molecule has 280 valence electrons. The van der Waals surface area contributed by atoms with E-state index in [0.29, 0.717) is 30.6 Å². The van der Waals surface area contributed by atoms with Crippen LogP contribution in [0.1, 0.15) is 68.9 Å². The van der Waals surface area contributed by atoms with Gasteiger partial charge in [0, 0.05) is 25.0 Å². The number of allylic oxidation sites excluding steroid dienone is 1. The number of nitrogens with zero attached hydrogens (tertiary/aromatic N) is 1. The van der Waals surface area contributed by atoms with Crippen LogP contribution in [-0.2, 0) is 34.7 Å². The molecular formula is C38H48N4O9S. The van der Waals surface area contributed by atoms with Gasteiger partial charge in [-0.2, -0.15) is 0 Å². The minimum Gasteiger partial charge on any atom is -0.496 e. The number of rotatable bonds is 18. The number of methoxy groups -OCH3 is 2. The summed E-state index contributed by atoms with van der Waals surface area (Å²) in [5.41, 5.74) is -1.37. The van der Waals surface area contributed by atoms with Crippen molar-refractivity contribution in [1.29, 1.82) is 0 Å². The Balaban J connectivity index is 1.50. The topological polar surface area (TPSA) is 180 Å². The van der Waals surface area contributed by atoms with E-state index in [-0.39, 0.29) is 25.8 Å². The van der Waals surface area contributed by atoms with E-state index < -0.39 is 68.2 Å². The zero-order chi connectivity index (χ0) is 37.8. The predicted molar refractivity (Wildman–Crippen MR) is 197 cm³/mol. The minimum atomic E-state index is -3.92. The van der Waals surface area contributed by atoms with E-state index in [1.165, 1.54) is 18.1 Å². The van der Waals surface area contributed by atoms with Crippen LogP contribution in [0.3, 0.4) is 0 Å². The third kappa shape index (κ3) is 7.87. The van der Waals surface area contributed by atoms with E-state index in [1.807, 2.05) is 30.3 Å². The van der Waals surface area contributed by atoms with Gasteiger partial charge >= 0.3 is 6.09 Å². The first kappa shape index (κ1) is 38.5. The Kier molecular flexibility index (Phi) is 11.5. The normalized spacial score (nSPS) is 24.4. The molecule has 3 aliphatic rings. The summed E-state index contributed by atoms with van der Waals surface area (Å²) in [5, 5.41) is 15.9. The number of carbonyl (C=O) groups is 4. The Morgan fingerprint density at radius 3 is 2.38 bits per heavy atom. The van der Waals surface area contributed by atoms with Crippen molar-refractivity contribution in [2.45, 2.75) is 86.3 Å². The number of benzene rings is 2. The number of carbonyl (C=O) groups excluding carboxylic acids is 3. The van der Waals surface area contributed by atoms with Gasteiger partial charge in [-0.25, -0.2) is 13.2 Å². The molecule has 2 saturated carbocycles. The Labute approximate surface area is 304 Å². The van der Waals surface area contributed by atoms with Crippen molar-refractivity contribution in [2.75, 3.05) is 20.8 Å². The van der Waals surface area contributed by atoms with Gasteiger partial charge in [0.25, 0.3) is 5.91 Å². The number of carboxylic acid groups (broad SMARTS) is 1. The van der Waals surface area contributed by atoms with Crippen molar-refractivity contribution < 1.29 is 42.2 Å². The van der Waals surface area contributed by atoms with Gasteiger partial charge in [0.05, 0.1) is 18.9 Å². The van der Waals surface area contributed by atoms with Crippen LogP contribution in [0.5, 0.6) is 5.75 Å². The van der Waals surface area contributed by atoms with Crippen LogP contribution in [0.4, 0.5) is 4.79 Å². The first-order valence-corrected chi connectivity index (χ1v) is 19.0. The van der Waals surface area contributed by atoms with Crippen molar-refractivity contribution in [3.05, 3.63) is 73.3 Å². The summed E-state index contributed by atoms with van der Waals surface area (Å²) in [4.78, 5) is 55.5. The summed E-state index contributed by atoms with van der Waals surface area (Å²) in [6.07, 6.45) is 7.64. The predicted octanol–water partition coefficient (Wildman–Crippen LogP) is 4.38. The first-order valence-electron chi connectivity index (χ1n) is 17.5. The number of hydrogen-bond acceptors (Lipinski definition) is 8. The van der Waals surface area contributed by atoms with Gasteiger partial charge in [-0.15, -0.1) is 13.2 Å². The van der Waals surface area contributed by atoms with Crippen molar-refractivity contribution in [3.63, 3.8) is 0 Å². The standard InChI is InChI=1S/C38H48N4O9S/c1-6-9-10-11-12-13-30(39-36(46)47)34(44)42-23-37(51-5,28-15-14-25-20-32(50-4)24(7-2)18-26(25)19-28)22-31(42)33(43)40-38(21-27(38)8-3)35(45)41-52(48,49)29-16-17-29/h6-8,14-15,18-20,27,29-31,39H,1-3,9-13,16-17,21-23H2,4-5H3,(H,40,43)(H,41,45)(H,46,47)/t27?,30?,31-,37-,38?/m0/s1. The van der Waals surface area contributed by atoms with Crippen LogP contribution in [0.2, 0.25) is 0 Å². The maximum Gasteiger partial charge on any atom is 0.405 e. The van der Waals surface area contributed by atoms with Crippen LogP contribution in [-0.4, -0.2) is 85.9 Å². The lowest BCUT2D eigenvalue weighted by molar-refractivity contribution is -0.141. The number of ether oxygens (including phenoxy) is 2. The van der Waals surface area contributed by atoms with Crippen LogP contribution < -0.4 is 20.1 Å². The van der Waals surface area contributed by atoms with Crippen molar-refractivity contribution >= 4 is 50.7 Å². The molecule has 1 aliphatic heterocycles. The first-order chi connectivity index (χ1) is 24.8. The molecule has 3 unspecified atom stereocenters. The van der Waals surface area contributed by atoms with Crippen molar-refractivity contribution in [2.24, 2.45) is 5.92 Å². The quantitative estimate of drug-likeness (QED) is 0.128. The smallest absolute Gasteiger partial charge is 0.405 e. The fraction of sp³-hybridized carbons (Fsp3) is 0.474. The molecule has 5 rings (SSSR count). The molecule has 0 radical (unpaired) electrons. The van der Waals surface area contributed by atoms with Gasteiger partial charge in [-0.05, 0) is 73.1 Å². The third-order valence-electron chi connectivity index (χ3n) is 10.5. The number of amides is 4. The zero-order valence-electron chi connectivity index (χ0n) is 29.7. The second-order valence-electron chi connectivity index (χ2n) is 13.9. The van der Waals surface area contributed by atoms with Gasteiger partial charge in [0.2, 0.25) is 21.8 Å². The van der Waals surface area contributed by atoms with Gasteiger partial charge in [-0.3, -0.25) is 19.1 Å². The highest BCUT2D eigenvalue weighted by molar-refractivity contribution is 7.91.